The van der Waals surface area contributed by atoms with Gasteiger partial charge in [-0.05, 0) is 46.3 Å². The maximum absolute atomic E-state index is 10.2. The van der Waals surface area contributed by atoms with Crippen molar-refractivity contribution in [3.05, 3.63) is 29.8 Å². The molecule has 11 heavy (non-hydrogen) atoms. The number of rotatable bonds is 3. The fourth-order valence-corrected chi connectivity index (χ4v) is 1.65. The Kier molecular flexibility index (Phi) is 3.80. The van der Waals surface area contributed by atoms with Crippen molar-refractivity contribution in [1.82, 2.24) is 0 Å². The Hall–Kier alpha value is -0.150. The van der Waals surface area contributed by atoms with E-state index >= 15 is 0 Å². The third kappa shape index (κ3) is 2.75. The molecule has 1 aromatic carbocycles. The lowest BCUT2D eigenvalue weighted by Crippen LogP contribution is -1.79. The first kappa shape index (κ1) is 8.94. The Morgan fingerprint density at radius 3 is 2.45 bits per heavy atom. The van der Waals surface area contributed by atoms with E-state index in [-0.39, 0.29) is 0 Å². The van der Waals surface area contributed by atoms with E-state index in [0.29, 0.717) is 12.0 Å². The van der Waals surface area contributed by atoms with E-state index in [1.165, 1.54) is 0 Å². The summed E-state index contributed by atoms with van der Waals surface area (Å²) >= 11 is 2.14. The molecule has 0 heterocycles. The van der Waals surface area contributed by atoms with Gasteiger partial charge in [0.05, 0.1) is 0 Å². The monoisotopic (exact) mass is 280 g/mol. The first-order valence-electron chi connectivity index (χ1n) is 2.94. The summed E-state index contributed by atoms with van der Waals surface area (Å²) in [5.41, 5.74) is 0.675. The summed E-state index contributed by atoms with van der Waals surface area (Å²) in [4.78, 5) is 10.2. The van der Waals surface area contributed by atoms with Crippen LogP contribution in [0.15, 0.2) is 24.3 Å². The number of hydrogen-bond acceptors (Lipinski definition) is 2. The van der Waals surface area contributed by atoms with E-state index in [1.54, 1.807) is 24.3 Å². The van der Waals surface area contributed by atoms with Gasteiger partial charge in [0.2, 0.25) is 0 Å². The summed E-state index contributed by atoms with van der Waals surface area (Å²) in [5.74, 6) is 0.809. The van der Waals surface area contributed by atoms with Gasteiger partial charge in [-0.2, -0.15) is 0 Å². The normalized spacial score (nSPS) is 10.3. The molecule has 2 nitrogen and oxygen atoms in total. The third-order valence-corrected chi connectivity index (χ3v) is 2.15. The van der Waals surface area contributed by atoms with Crippen LogP contribution in [0, 0.1) is 0 Å². The summed E-state index contributed by atoms with van der Waals surface area (Å²) in [7, 11) is 0. The molecule has 1 unspecified atom stereocenters. The molecule has 0 aromatic heterocycles. The predicted molar refractivity (Wildman–Crippen MR) is 54.8 cm³/mol. The van der Waals surface area contributed by atoms with Gasteiger partial charge in [-0.3, -0.25) is 4.79 Å². The van der Waals surface area contributed by atoms with Gasteiger partial charge in [-0.1, -0.05) is 0 Å². The summed E-state index contributed by atoms with van der Waals surface area (Å²) in [6.07, 6.45) is 0.816. The first-order valence-corrected chi connectivity index (χ1v) is 6.97. The highest BCUT2D eigenvalue weighted by Crippen LogP contribution is 2.26. The Bertz CT molecular complexity index is 235. The molecular weight excluding hydrogens is 274 g/mol. The van der Waals surface area contributed by atoms with Crippen molar-refractivity contribution in [2.24, 2.45) is 0 Å². The number of benzene rings is 1. The van der Waals surface area contributed by atoms with Crippen molar-refractivity contribution in [3.8, 4) is 5.75 Å². The highest BCUT2D eigenvalue weighted by Gasteiger charge is 1.91. The van der Waals surface area contributed by atoms with E-state index in [2.05, 4.69) is 22.0 Å². The van der Waals surface area contributed by atoms with Gasteiger partial charge in [0.1, 0.15) is 18.5 Å². The summed E-state index contributed by atoms with van der Waals surface area (Å²) < 4.78 is 5.20. The van der Waals surface area contributed by atoms with Crippen LogP contribution in [0.1, 0.15) is 10.4 Å². The summed E-state index contributed by atoms with van der Waals surface area (Å²) in [6.45, 7) is 0.414. The van der Waals surface area contributed by atoms with Crippen LogP contribution in [0.2, 0.25) is 0 Å². The number of hydrogen-bond donors (Lipinski definition) is 0. The van der Waals surface area contributed by atoms with E-state index in [4.69, 9.17) is 4.52 Å². The molecule has 0 fully saturated rings. The Balaban J connectivity index is 2.74. The largest absolute Gasteiger partial charge is 0.467 e. The Labute approximate surface area is 79.7 Å². The lowest BCUT2D eigenvalue weighted by Gasteiger charge is -1.99. The lowest BCUT2D eigenvalue weighted by molar-refractivity contribution is 0.112. The number of carbonyl (C=O) groups is 1. The van der Waals surface area contributed by atoms with E-state index in [0.717, 1.165) is 12.0 Å². The van der Waals surface area contributed by atoms with Crippen molar-refractivity contribution in [3.63, 3.8) is 0 Å². The van der Waals surface area contributed by atoms with Gasteiger partial charge in [-0.25, -0.2) is 0 Å². The minimum atomic E-state index is 0.414. The zero-order valence-corrected chi connectivity index (χ0v) is 8.74. The molecule has 4 heteroatoms. The molecule has 0 aliphatic heterocycles. The molecule has 1 aromatic rings. The maximum atomic E-state index is 10.2. The minimum Gasteiger partial charge on any atom is -0.467 e. The number of aldehydes is 1. The second-order valence-corrected chi connectivity index (χ2v) is 3.55. The topological polar surface area (TPSA) is 26.3 Å². The van der Waals surface area contributed by atoms with E-state index in [1.807, 2.05) is 0 Å². The van der Waals surface area contributed by atoms with E-state index in [9.17, 15) is 4.79 Å². The number of halogens is 1. The van der Waals surface area contributed by atoms with Gasteiger partial charge < -0.3 is 4.52 Å². The van der Waals surface area contributed by atoms with Crippen LogP contribution in [0.25, 0.3) is 0 Å². The first-order chi connectivity index (χ1) is 5.36. The van der Waals surface area contributed by atoms with Gasteiger partial charge in [0.15, 0.2) is 0 Å². The highest BCUT2D eigenvalue weighted by molar-refractivity contribution is 14.2. The van der Waals surface area contributed by atoms with Crippen LogP contribution < -0.4 is 4.52 Å². The van der Waals surface area contributed by atoms with Gasteiger partial charge >= 0.3 is 0 Å². The van der Waals surface area contributed by atoms with Crippen LogP contribution in [-0.2, 0) is 0 Å². The Morgan fingerprint density at radius 1 is 1.36 bits per heavy atom. The standard InChI is InChI=1S/C7H6IO2P/c8-11-10-7-3-1-6(5-9)2-4-7/h1-5,11H. The zero-order valence-electron chi connectivity index (χ0n) is 5.58. The molecular formula is C7H6IO2P. The highest BCUT2D eigenvalue weighted by atomic mass is 127. The molecule has 0 saturated heterocycles. The van der Waals surface area contributed by atoms with Gasteiger partial charge in [0, 0.05) is 5.56 Å². The Morgan fingerprint density at radius 2 is 2.00 bits per heavy atom. The quantitative estimate of drug-likeness (QED) is 0.483. The zero-order chi connectivity index (χ0) is 8.10. The van der Waals surface area contributed by atoms with Crippen molar-refractivity contribution in [2.75, 3.05) is 0 Å². The van der Waals surface area contributed by atoms with Gasteiger partial charge in [0.25, 0.3) is 0 Å². The minimum absolute atomic E-state index is 0.414. The van der Waals surface area contributed by atoms with Crippen LogP contribution in [0.5, 0.6) is 5.75 Å². The average Bonchev–Trinajstić information content (AvgIpc) is 2.07. The molecule has 1 atom stereocenters. The number of carbonyl (C=O) groups excluding carboxylic acids is 1. The summed E-state index contributed by atoms with van der Waals surface area (Å²) in [6, 6.07) is 7.04. The van der Waals surface area contributed by atoms with Crippen LogP contribution in [0.4, 0.5) is 0 Å². The SMILES string of the molecule is O=Cc1ccc(OPI)cc1. The van der Waals surface area contributed by atoms with Gasteiger partial charge in [-0.15, -0.1) is 0 Å². The fourth-order valence-electron chi connectivity index (χ4n) is 0.659. The molecule has 0 radical (unpaired) electrons. The van der Waals surface area contributed by atoms with E-state index < -0.39 is 0 Å². The molecule has 1 rings (SSSR count). The molecule has 0 amide bonds. The second-order valence-electron chi connectivity index (χ2n) is 1.87. The smallest absolute Gasteiger partial charge is 0.150 e. The van der Waals surface area contributed by atoms with Crippen LogP contribution >= 0.6 is 28.5 Å². The molecule has 0 spiro atoms. The van der Waals surface area contributed by atoms with Crippen molar-refractivity contribution >= 4 is 34.8 Å². The molecule has 0 aliphatic rings. The maximum Gasteiger partial charge on any atom is 0.150 e. The van der Waals surface area contributed by atoms with Crippen LogP contribution in [-0.4, -0.2) is 6.29 Å². The second kappa shape index (κ2) is 4.67. The van der Waals surface area contributed by atoms with Crippen molar-refractivity contribution in [1.29, 1.82) is 0 Å². The third-order valence-electron chi connectivity index (χ3n) is 1.17. The molecule has 0 saturated carbocycles. The van der Waals surface area contributed by atoms with Crippen molar-refractivity contribution < 1.29 is 9.32 Å². The van der Waals surface area contributed by atoms with Crippen LogP contribution in [0.3, 0.4) is 0 Å². The van der Waals surface area contributed by atoms with Crippen molar-refractivity contribution in [2.45, 2.75) is 0 Å². The molecule has 0 N–H and O–H groups in total. The average molecular weight is 280 g/mol. The molecule has 0 bridgehead atoms. The molecule has 58 valence electrons. The fraction of sp³-hybridized carbons (Fsp3) is 0. The lowest BCUT2D eigenvalue weighted by atomic mass is 10.2. The predicted octanol–water partition coefficient (Wildman–Crippen LogP) is 2.82. The summed E-state index contributed by atoms with van der Waals surface area (Å²) in [5, 5.41) is 0. The molecule has 0 aliphatic carbocycles.